The summed E-state index contributed by atoms with van der Waals surface area (Å²) in [6, 6.07) is 10.3. The van der Waals surface area contributed by atoms with Crippen LogP contribution in [-0.2, 0) is 9.84 Å². The molecule has 23 heavy (non-hydrogen) atoms. The fraction of sp³-hybridized carbons (Fsp3) is 0.200. The lowest BCUT2D eigenvalue weighted by Crippen LogP contribution is -2.01. The third kappa shape index (κ3) is 4.19. The highest BCUT2D eigenvalue weighted by atomic mass is 32.2. The van der Waals surface area contributed by atoms with E-state index < -0.39 is 14.8 Å². The van der Waals surface area contributed by atoms with Crippen LogP contribution in [0.4, 0.5) is 11.4 Å². The molecule has 0 heterocycles. The summed E-state index contributed by atoms with van der Waals surface area (Å²) in [5, 5.41) is 13.9. The summed E-state index contributed by atoms with van der Waals surface area (Å²) < 4.78 is 28.4. The van der Waals surface area contributed by atoms with Crippen molar-refractivity contribution in [3.05, 3.63) is 52.6 Å². The van der Waals surface area contributed by atoms with Gasteiger partial charge in [-0.2, -0.15) is 0 Å². The van der Waals surface area contributed by atoms with E-state index in [9.17, 15) is 18.5 Å². The summed E-state index contributed by atoms with van der Waals surface area (Å²) in [5.74, 6) is 0.854. The molecule has 0 fully saturated rings. The van der Waals surface area contributed by atoms with E-state index >= 15 is 0 Å². The molecule has 0 radical (unpaired) electrons. The first-order chi connectivity index (χ1) is 10.8. The lowest BCUT2D eigenvalue weighted by atomic mass is 10.2. The molecule has 1 N–H and O–H groups in total. The van der Waals surface area contributed by atoms with Gasteiger partial charge < -0.3 is 10.1 Å². The minimum Gasteiger partial charge on any atom is -0.457 e. The molecule has 8 heteroatoms. The summed E-state index contributed by atoms with van der Waals surface area (Å²) in [6.45, 7) is 2.37. The van der Waals surface area contributed by atoms with E-state index in [0.29, 0.717) is 23.7 Å². The predicted octanol–water partition coefficient (Wildman–Crippen LogP) is 3.22. The number of nitrogens with one attached hydrogen (secondary N) is 1. The second-order valence-electron chi connectivity index (χ2n) is 4.81. The van der Waals surface area contributed by atoms with Gasteiger partial charge in [0.25, 0.3) is 5.69 Å². The van der Waals surface area contributed by atoms with Gasteiger partial charge in [-0.25, -0.2) is 8.42 Å². The highest BCUT2D eigenvalue weighted by Crippen LogP contribution is 2.31. The zero-order valence-electron chi connectivity index (χ0n) is 12.6. The molecule has 0 aliphatic heterocycles. The Kier molecular flexibility index (Phi) is 4.85. The lowest BCUT2D eigenvalue weighted by molar-refractivity contribution is -0.384. The van der Waals surface area contributed by atoms with Crippen LogP contribution in [0.5, 0.6) is 11.5 Å². The van der Waals surface area contributed by atoms with Crippen molar-refractivity contribution in [1.29, 1.82) is 0 Å². The van der Waals surface area contributed by atoms with Gasteiger partial charge in [0.2, 0.25) is 0 Å². The lowest BCUT2D eigenvalue weighted by Gasteiger charge is -2.09. The van der Waals surface area contributed by atoms with Crippen molar-refractivity contribution in [3.8, 4) is 11.5 Å². The maximum absolute atomic E-state index is 11.4. The summed E-state index contributed by atoms with van der Waals surface area (Å²) in [6.07, 6.45) is 1.13. The van der Waals surface area contributed by atoms with E-state index in [4.69, 9.17) is 4.74 Å². The van der Waals surface area contributed by atoms with E-state index in [-0.39, 0.29) is 10.6 Å². The number of hydrogen-bond donors (Lipinski definition) is 1. The smallest absolute Gasteiger partial charge is 0.292 e. The molecule has 0 aliphatic rings. The van der Waals surface area contributed by atoms with Crippen molar-refractivity contribution in [2.75, 3.05) is 18.1 Å². The first-order valence-corrected chi connectivity index (χ1v) is 8.70. The third-order valence-electron chi connectivity index (χ3n) is 3.02. The number of nitro groups is 1. The van der Waals surface area contributed by atoms with Gasteiger partial charge in [0, 0.05) is 24.9 Å². The van der Waals surface area contributed by atoms with Gasteiger partial charge in [0.15, 0.2) is 9.84 Å². The van der Waals surface area contributed by atoms with Crippen LogP contribution in [0.1, 0.15) is 6.92 Å². The molecule has 0 saturated carbocycles. The Balaban J connectivity index is 2.26. The molecule has 0 amide bonds. The van der Waals surface area contributed by atoms with Gasteiger partial charge in [0.05, 0.1) is 9.82 Å². The van der Waals surface area contributed by atoms with Crippen molar-refractivity contribution in [2.24, 2.45) is 0 Å². The first kappa shape index (κ1) is 16.8. The molecule has 2 aromatic rings. The van der Waals surface area contributed by atoms with Crippen LogP contribution in [0, 0.1) is 10.1 Å². The molecule has 0 unspecified atom stereocenters. The second kappa shape index (κ2) is 6.66. The maximum atomic E-state index is 11.4. The van der Waals surface area contributed by atoms with Crippen molar-refractivity contribution >= 4 is 21.2 Å². The van der Waals surface area contributed by atoms with E-state index in [1.54, 1.807) is 0 Å². The van der Waals surface area contributed by atoms with E-state index in [1.165, 1.54) is 42.5 Å². The Hall–Kier alpha value is -2.61. The topological polar surface area (TPSA) is 98.5 Å². The Morgan fingerprint density at radius 1 is 1.13 bits per heavy atom. The number of sulfone groups is 1. The number of hydrogen-bond acceptors (Lipinski definition) is 6. The first-order valence-electron chi connectivity index (χ1n) is 6.81. The van der Waals surface area contributed by atoms with Crippen LogP contribution in [-0.4, -0.2) is 26.1 Å². The molecule has 2 rings (SSSR count). The summed E-state index contributed by atoms with van der Waals surface area (Å²) in [5.41, 5.74) is 0.328. The standard InChI is InChI=1S/C15H16N2O5S/c1-3-16-14-10-12(6-9-15(14)17(18)19)22-11-4-7-13(8-5-11)23(2,20)21/h4-10,16H,3H2,1-2H3. The number of anilines is 1. The van der Waals surface area contributed by atoms with E-state index in [2.05, 4.69) is 5.32 Å². The van der Waals surface area contributed by atoms with Crippen molar-refractivity contribution in [2.45, 2.75) is 11.8 Å². The summed E-state index contributed by atoms with van der Waals surface area (Å²) in [7, 11) is -3.26. The van der Waals surface area contributed by atoms with Crippen LogP contribution >= 0.6 is 0 Å². The molecule has 7 nitrogen and oxygen atoms in total. The van der Waals surface area contributed by atoms with E-state index in [1.807, 2.05) is 6.92 Å². The molecule has 122 valence electrons. The average molecular weight is 336 g/mol. The van der Waals surface area contributed by atoms with Crippen LogP contribution in [0.2, 0.25) is 0 Å². The minimum atomic E-state index is -3.26. The molecule has 2 aromatic carbocycles. The molecule has 0 aliphatic carbocycles. The quantitative estimate of drug-likeness (QED) is 0.642. The Bertz CT molecular complexity index is 816. The normalized spacial score (nSPS) is 11.0. The van der Waals surface area contributed by atoms with Gasteiger partial charge >= 0.3 is 0 Å². The van der Waals surface area contributed by atoms with Gasteiger partial charge in [0.1, 0.15) is 17.2 Å². The SMILES string of the molecule is CCNc1cc(Oc2ccc(S(C)(=O)=O)cc2)ccc1[N+](=O)[O-]. The van der Waals surface area contributed by atoms with Crippen LogP contribution in [0.15, 0.2) is 47.4 Å². The van der Waals surface area contributed by atoms with Crippen molar-refractivity contribution in [3.63, 3.8) is 0 Å². The number of nitrogens with zero attached hydrogens (tertiary/aromatic N) is 1. The zero-order chi connectivity index (χ0) is 17.0. The van der Waals surface area contributed by atoms with Crippen LogP contribution < -0.4 is 10.1 Å². The number of nitro benzene ring substituents is 1. The number of rotatable bonds is 6. The second-order valence-corrected chi connectivity index (χ2v) is 6.83. The molecule has 0 bridgehead atoms. The Morgan fingerprint density at radius 2 is 1.74 bits per heavy atom. The molecular weight excluding hydrogens is 320 g/mol. The number of ether oxygens (including phenoxy) is 1. The summed E-state index contributed by atoms with van der Waals surface area (Å²) in [4.78, 5) is 10.7. The van der Waals surface area contributed by atoms with Gasteiger partial charge in [-0.15, -0.1) is 0 Å². The molecular formula is C15H16N2O5S. The van der Waals surface area contributed by atoms with Crippen LogP contribution in [0.25, 0.3) is 0 Å². The fourth-order valence-corrected chi connectivity index (χ4v) is 2.59. The van der Waals surface area contributed by atoms with Gasteiger partial charge in [-0.05, 0) is 37.3 Å². The van der Waals surface area contributed by atoms with Crippen molar-refractivity contribution in [1.82, 2.24) is 0 Å². The largest absolute Gasteiger partial charge is 0.457 e. The highest BCUT2D eigenvalue weighted by molar-refractivity contribution is 7.90. The zero-order valence-corrected chi connectivity index (χ0v) is 13.5. The third-order valence-corrected chi connectivity index (χ3v) is 4.15. The van der Waals surface area contributed by atoms with E-state index in [0.717, 1.165) is 6.26 Å². The predicted molar refractivity (Wildman–Crippen MR) is 86.9 cm³/mol. The molecule has 0 saturated heterocycles. The molecule has 0 atom stereocenters. The molecule has 0 aromatic heterocycles. The maximum Gasteiger partial charge on any atom is 0.292 e. The molecule has 0 spiro atoms. The van der Waals surface area contributed by atoms with Crippen LogP contribution in [0.3, 0.4) is 0 Å². The number of benzene rings is 2. The Morgan fingerprint density at radius 3 is 2.26 bits per heavy atom. The fourth-order valence-electron chi connectivity index (χ4n) is 1.96. The minimum absolute atomic E-state index is 0.0355. The van der Waals surface area contributed by atoms with Gasteiger partial charge in [-0.1, -0.05) is 0 Å². The van der Waals surface area contributed by atoms with Gasteiger partial charge in [-0.3, -0.25) is 10.1 Å². The Labute approximate surface area is 134 Å². The monoisotopic (exact) mass is 336 g/mol. The average Bonchev–Trinajstić information content (AvgIpc) is 2.47. The summed E-state index contributed by atoms with van der Waals surface area (Å²) >= 11 is 0. The highest BCUT2D eigenvalue weighted by Gasteiger charge is 2.14. The van der Waals surface area contributed by atoms with Crippen molar-refractivity contribution < 1.29 is 18.1 Å².